The molecular formula is C15H23N. The standard InChI is InChI=1S/C15H23N/c1-10(2)14-12-9-16-7-6-11(12)8-13(14)15(3,4)5/h6-7,9-10,13-14H,8H2,1-5H3. The third kappa shape index (κ3) is 1.88. The fourth-order valence-electron chi connectivity index (χ4n) is 3.17. The molecule has 0 N–H and O–H groups in total. The highest BCUT2D eigenvalue weighted by molar-refractivity contribution is 5.34. The molecule has 0 aromatic carbocycles. The molecule has 1 heterocycles. The maximum Gasteiger partial charge on any atom is 0.0305 e. The van der Waals surface area contributed by atoms with E-state index in [1.165, 1.54) is 17.5 Å². The van der Waals surface area contributed by atoms with Crippen molar-refractivity contribution in [2.24, 2.45) is 17.3 Å². The summed E-state index contributed by atoms with van der Waals surface area (Å²) in [5, 5.41) is 0. The van der Waals surface area contributed by atoms with Crippen LogP contribution in [0.3, 0.4) is 0 Å². The molecule has 2 rings (SSSR count). The van der Waals surface area contributed by atoms with Gasteiger partial charge >= 0.3 is 0 Å². The monoisotopic (exact) mass is 217 g/mol. The average Bonchev–Trinajstić information content (AvgIpc) is 2.55. The van der Waals surface area contributed by atoms with E-state index in [0.29, 0.717) is 17.3 Å². The Morgan fingerprint density at radius 1 is 1.31 bits per heavy atom. The Morgan fingerprint density at radius 3 is 2.56 bits per heavy atom. The van der Waals surface area contributed by atoms with Gasteiger partial charge in [-0.25, -0.2) is 0 Å². The minimum absolute atomic E-state index is 0.383. The van der Waals surface area contributed by atoms with Crippen molar-refractivity contribution in [3.8, 4) is 0 Å². The predicted molar refractivity (Wildman–Crippen MR) is 68.5 cm³/mol. The molecule has 2 unspecified atom stereocenters. The first-order chi connectivity index (χ1) is 7.41. The molecule has 2 atom stereocenters. The van der Waals surface area contributed by atoms with Gasteiger partial charge in [-0.15, -0.1) is 0 Å². The van der Waals surface area contributed by atoms with Crippen molar-refractivity contribution < 1.29 is 0 Å². The highest BCUT2D eigenvalue weighted by atomic mass is 14.6. The van der Waals surface area contributed by atoms with E-state index in [9.17, 15) is 0 Å². The summed E-state index contributed by atoms with van der Waals surface area (Å²) in [5.41, 5.74) is 3.40. The maximum absolute atomic E-state index is 4.31. The topological polar surface area (TPSA) is 12.9 Å². The summed E-state index contributed by atoms with van der Waals surface area (Å²) in [6, 6.07) is 2.20. The fourth-order valence-corrected chi connectivity index (χ4v) is 3.17. The molecule has 0 saturated heterocycles. The molecule has 0 saturated carbocycles. The van der Waals surface area contributed by atoms with Crippen LogP contribution in [0.5, 0.6) is 0 Å². The van der Waals surface area contributed by atoms with E-state index >= 15 is 0 Å². The quantitative estimate of drug-likeness (QED) is 0.692. The minimum Gasteiger partial charge on any atom is -0.264 e. The van der Waals surface area contributed by atoms with Crippen LogP contribution in [0.25, 0.3) is 0 Å². The van der Waals surface area contributed by atoms with Crippen LogP contribution >= 0.6 is 0 Å². The molecule has 0 fully saturated rings. The molecule has 1 aromatic rings. The zero-order valence-electron chi connectivity index (χ0n) is 11.1. The van der Waals surface area contributed by atoms with Gasteiger partial charge in [0.25, 0.3) is 0 Å². The van der Waals surface area contributed by atoms with Crippen molar-refractivity contribution >= 4 is 0 Å². The zero-order chi connectivity index (χ0) is 11.9. The summed E-state index contributed by atoms with van der Waals surface area (Å²) >= 11 is 0. The lowest BCUT2D eigenvalue weighted by molar-refractivity contribution is 0.187. The number of pyridine rings is 1. The molecule has 1 aliphatic carbocycles. The van der Waals surface area contributed by atoms with Gasteiger partial charge in [0.15, 0.2) is 0 Å². The summed E-state index contributed by atoms with van der Waals surface area (Å²) in [6.45, 7) is 11.8. The third-order valence-electron chi connectivity index (χ3n) is 4.01. The Bertz CT molecular complexity index is 373. The van der Waals surface area contributed by atoms with Crippen LogP contribution in [0.1, 0.15) is 51.7 Å². The lowest BCUT2D eigenvalue weighted by atomic mass is 9.70. The second kappa shape index (κ2) is 3.87. The summed E-state index contributed by atoms with van der Waals surface area (Å²) in [5.74, 6) is 2.14. The molecule has 0 aliphatic heterocycles. The largest absolute Gasteiger partial charge is 0.264 e. The second-order valence-corrected chi connectivity index (χ2v) is 6.52. The number of rotatable bonds is 1. The number of aromatic nitrogens is 1. The van der Waals surface area contributed by atoms with Gasteiger partial charge in [-0.3, -0.25) is 4.98 Å². The highest BCUT2D eigenvalue weighted by Crippen LogP contribution is 2.49. The number of fused-ring (bicyclic) bond motifs is 1. The van der Waals surface area contributed by atoms with Gasteiger partial charge in [0.05, 0.1) is 0 Å². The fraction of sp³-hybridized carbons (Fsp3) is 0.667. The Balaban J connectivity index is 2.42. The molecular weight excluding hydrogens is 194 g/mol. The predicted octanol–water partition coefficient (Wildman–Crippen LogP) is 4.04. The van der Waals surface area contributed by atoms with Crippen LogP contribution in [-0.2, 0) is 6.42 Å². The first-order valence-corrected chi connectivity index (χ1v) is 6.34. The SMILES string of the molecule is CC(C)C1c2cnccc2CC1C(C)(C)C. The lowest BCUT2D eigenvalue weighted by Gasteiger charge is -2.34. The second-order valence-electron chi connectivity index (χ2n) is 6.52. The van der Waals surface area contributed by atoms with Gasteiger partial charge in [0.1, 0.15) is 0 Å². The Morgan fingerprint density at radius 2 is 2.00 bits per heavy atom. The van der Waals surface area contributed by atoms with Gasteiger partial charge in [-0.2, -0.15) is 0 Å². The van der Waals surface area contributed by atoms with E-state index in [4.69, 9.17) is 0 Å². The number of nitrogens with zero attached hydrogens (tertiary/aromatic N) is 1. The van der Waals surface area contributed by atoms with Crippen molar-refractivity contribution in [2.45, 2.75) is 47.0 Å². The summed E-state index contributed by atoms with van der Waals surface area (Å²) < 4.78 is 0. The van der Waals surface area contributed by atoms with E-state index in [2.05, 4.69) is 51.9 Å². The van der Waals surface area contributed by atoms with Crippen molar-refractivity contribution in [3.05, 3.63) is 29.6 Å². The smallest absolute Gasteiger partial charge is 0.0305 e. The van der Waals surface area contributed by atoms with Crippen LogP contribution < -0.4 is 0 Å². The van der Waals surface area contributed by atoms with Crippen LogP contribution in [-0.4, -0.2) is 4.98 Å². The lowest BCUT2D eigenvalue weighted by Crippen LogP contribution is -2.27. The van der Waals surface area contributed by atoms with Gasteiger partial charge in [-0.05, 0) is 46.8 Å². The summed E-state index contributed by atoms with van der Waals surface area (Å²) in [4.78, 5) is 4.31. The van der Waals surface area contributed by atoms with Gasteiger partial charge in [-0.1, -0.05) is 34.6 Å². The molecule has 1 heteroatoms. The Kier molecular flexibility index (Phi) is 2.81. The molecule has 0 bridgehead atoms. The number of hydrogen-bond donors (Lipinski definition) is 0. The van der Waals surface area contributed by atoms with E-state index in [0.717, 1.165) is 5.92 Å². The molecule has 88 valence electrons. The molecule has 0 amide bonds. The van der Waals surface area contributed by atoms with Gasteiger partial charge in [0.2, 0.25) is 0 Å². The third-order valence-corrected chi connectivity index (χ3v) is 4.01. The van der Waals surface area contributed by atoms with Crippen molar-refractivity contribution in [3.63, 3.8) is 0 Å². The highest BCUT2D eigenvalue weighted by Gasteiger charge is 2.40. The van der Waals surface area contributed by atoms with Crippen LogP contribution in [0, 0.1) is 17.3 Å². The first-order valence-electron chi connectivity index (χ1n) is 6.34. The van der Waals surface area contributed by atoms with Crippen molar-refractivity contribution in [1.82, 2.24) is 4.98 Å². The molecule has 1 aromatic heterocycles. The van der Waals surface area contributed by atoms with Crippen LogP contribution in [0.4, 0.5) is 0 Å². The molecule has 16 heavy (non-hydrogen) atoms. The average molecular weight is 217 g/mol. The maximum atomic E-state index is 4.31. The molecule has 0 spiro atoms. The van der Waals surface area contributed by atoms with Crippen LogP contribution in [0.15, 0.2) is 18.5 Å². The Hall–Kier alpha value is -0.850. The summed E-state index contributed by atoms with van der Waals surface area (Å²) in [7, 11) is 0. The Labute approximate surface area is 99.3 Å². The molecule has 1 nitrogen and oxygen atoms in total. The van der Waals surface area contributed by atoms with E-state index in [-0.39, 0.29) is 0 Å². The normalized spacial score (nSPS) is 24.9. The number of hydrogen-bond acceptors (Lipinski definition) is 1. The van der Waals surface area contributed by atoms with E-state index in [1.807, 2.05) is 6.20 Å². The van der Waals surface area contributed by atoms with Crippen molar-refractivity contribution in [1.29, 1.82) is 0 Å². The minimum atomic E-state index is 0.383. The van der Waals surface area contributed by atoms with E-state index in [1.54, 1.807) is 0 Å². The first kappa shape index (κ1) is 11.6. The zero-order valence-corrected chi connectivity index (χ0v) is 11.1. The molecule has 0 radical (unpaired) electrons. The van der Waals surface area contributed by atoms with E-state index < -0.39 is 0 Å². The van der Waals surface area contributed by atoms with Crippen LogP contribution in [0.2, 0.25) is 0 Å². The van der Waals surface area contributed by atoms with Gasteiger partial charge < -0.3 is 0 Å². The summed E-state index contributed by atoms with van der Waals surface area (Å²) in [6.07, 6.45) is 5.25. The van der Waals surface area contributed by atoms with Gasteiger partial charge in [0, 0.05) is 12.4 Å². The molecule has 1 aliphatic rings. The van der Waals surface area contributed by atoms with Crippen molar-refractivity contribution in [2.75, 3.05) is 0 Å².